The summed E-state index contributed by atoms with van der Waals surface area (Å²) in [6.07, 6.45) is 1.15. The monoisotopic (exact) mass is 369 g/mol. The topological polar surface area (TPSA) is 120 Å². The summed E-state index contributed by atoms with van der Waals surface area (Å²) in [7, 11) is -0.996. The summed E-state index contributed by atoms with van der Waals surface area (Å²) in [5.74, 6) is -0.737. The van der Waals surface area contributed by atoms with Crippen LogP contribution in [0.4, 0.5) is 5.69 Å². The highest BCUT2D eigenvalue weighted by atomic mass is 32.2. The Kier molecular flexibility index (Phi) is 5.65. The highest BCUT2D eigenvalue weighted by Gasteiger charge is 2.22. The minimum atomic E-state index is -3.97. The van der Waals surface area contributed by atoms with Crippen LogP contribution < -0.4 is 9.46 Å². The summed E-state index contributed by atoms with van der Waals surface area (Å²) in [4.78, 5) is 11.2. The molecule has 0 saturated heterocycles. The maximum absolute atomic E-state index is 12.5. The third kappa shape index (κ3) is 4.28. The van der Waals surface area contributed by atoms with Crippen molar-refractivity contribution in [3.63, 3.8) is 0 Å². The number of aromatic carboxylic acids is 1. The van der Waals surface area contributed by atoms with Crippen LogP contribution in [0.25, 0.3) is 0 Å². The maximum atomic E-state index is 12.5. The van der Waals surface area contributed by atoms with E-state index in [4.69, 9.17) is 14.6 Å². The third-order valence-electron chi connectivity index (χ3n) is 3.39. The number of carbonyl (C=O) groups is 1. The molecule has 0 aliphatic rings. The lowest BCUT2D eigenvalue weighted by atomic mass is 10.2. The first-order valence-electron chi connectivity index (χ1n) is 7.26. The second-order valence-corrected chi connectivity index (χ2v) is 6.89. The van der Waals surface area contributed by atoms with Gasteiger partial charge in [-0.05, 0) is 30.7 Å². The predicted octanol–water partition coefficient (Wildman–Crippen LogP) is 1.25. The van der Waals surface area contributed by atoms with E-state index >= 15 is 0 Å². The van der Waals surface area contributed by atoms with Crippen molar-refractivity contribution in [2.24, 2.45) is 7.05 Å². The number of carboxylic acids is 1. The van der Waals surface area contributed by atoms with E-state index in [1.807, 2.05) is 0 Å². The first kappa shape index (κ1) is 18.7. The number of aromatic nitrogens is 2. The molecule has 0 bridgehead atoms. The van der Waals surface area contributed by atoms with Crippen molar-refractivity contribution >= 4 is 21.7 Å². The van der Waals surface area contributed by atoms with Gasteiger partial charge in [0.05, 0.1) is 17.7 Å². The van der Waals surface area contributed by atoms with E-state index in [1.54, 1.807) is 20.1 Å². The molecule has 0 radical (unpaired) electrons. The Bertz CT molecular complexity index is 875. The van der Waals surface area contributed by atoms with Crippen LogP contribution in [0.2, 0.25) is 0 Å². The van der Waals surface area contributed by atoms with Crippen molar-refractivity contribution in [1.29, 1.82) is 0 Å². The largest absolute Gasteiger partial charge is 0.491 e. The summed E-state index contributed by atoms with van der Waals surface area (Å²) in [5.41, 5.74) is 0.275. The fourth-order valence-corrected chi connectivity index (χ4v) is 3.29. The smallest absolute Gasteiger partial charge is 0.356 e. The van der Waals surface area contributed by atoms with Gasteiger partial charge in [-0.3, -0.25) is 9.40 Å². The van der Waals surface area contributed by atoms with Crippen LogP contribution in [0, 0.1) is 6.92 Å². The molecule has 9 nitrogen and oxygen atoms in total. The van der Waals surface area contributed by atoms with Crippen LogP contribution in [0.15, 0.2) is 29.3 Å². The fraction of sp³-hybridized carbons (Fsp3) is 0.333. The molecule has 2 rings (SSSR count). The lowest BCUT2D eigenvalue weighted by molar-refractivity contribution is 0.0686. The number of methoxy groups -OCH3 is 1. The number of nitrogens with zero attached hydrogens (tertiary/aromatic N) is 2. The Hall–Kier alpha value is -2.59. The van der Waals surface area contributed by atoms with Gasteiger partial charge in [-0.25, -0.2) is 13.2 Å². The van der Waals surface area contributed by atoms with Gasteiger partial charge in [0.25, 0.3) is 10.0 Å². The number of aryl methyl sites for hydroxylation is 2. The van der Waals surface area contributed by atoms with E-state index in [1.165, 1.54) is 19.2 Å². The molecular formula is C15H19N3O6S. The first-order valence-corrected chi connectivity index (χ1v) is 8.75. The van der Waals surface area contributed by atoms with E-state index in [-0.39, 0.29) is 16.3 Å². The number of hydrogen-bond acceptors (Lipinski definition) is 6. The number of sulfonamides is 1. The molecule has 0 spiro atoms. The zero-order chi connectivity index (χ0) is 18.6. The lowest BCUT2D eigenvalue weighted by Gasteiger charge is -2.12. The maximum Gasteiger partial charge on any atom is 0.356 e. The van der Waals surface area contributed by atoms with Gasteiger partial charge in [0, 0.05) is 14.2 Å². The van der Waals surface area contributed by atoms with Crippen LogP contribution in [-0.4, -0.2) is 49.6 Å². The molecule has 1 heterocycles. The van der Waals surface area contributed by atoms with E-state index in [2.05, 4.69) is 9.82 Å². The Labute approximate surface area is 145 Å². The molecule has 0 saturated carbocycles. The van der Waals surface area contributed by atoms with Gasteiger partial charge in [0.1, 0.15) is 18.0 Å². The molecule has 0 unspecified atom stereocenters. The van der Waals surface area contributed by atoms with Crippen molar-refractivity contribution in [2.75, 3.05) is 25.0 Å². The zero-order valence-corrected chi connectivity index (χ0v) is 14.8. The molecule has 1 aromatic carbocycles. The molecule has 0 amide bonds. The number of hydrogen-bond donors (Lipinski definition) is 2. The Balaban J connectivity index is 2.25. The van der Waals surface area contributed by atoms with Crippen LogP contribution in [0.5, 0.6) is 5.75 Å². The van der Waals surface area contributed by atoms with Gasteiger partial charge in [-0.1, -0.05) is 0 Å². The molecule has 0 aliphatic carbocycles. The molecule has 0 fully saturated rings. The third-order valence-corrected chi connectivity index (χ3v) is 4.75. The van der Waals surface area contributed by atoms with E-state index in [0.29, 0.717) is 24.5 Å². The van der Waals surface area contributed by atoms with E-state index < -0.39 is 16.0 Å². The highest BCUT2D eigenvalue weighted by molar-refractivity contribution is 7.92. The molecule has 1 aromatic heterocycles. The Morgan fingerprint density at radius 1 is 1.36 bits per heavy atom. The summed E-state index contributed by atoms with van der Waals surface area (Å²) in [6.45, 7) is 2.48. The summed E-state index contributed by atoms with van der Waals surface area (Å²) >= 11 is 0. The Morgan fingerprint density at radius 3 is 2.68 bits per heavy atom. The SMILES string of the molecule is COCCOc1ccc(S(=O)(=O)Nc2cnn(C)c2C(=O)O)cc1C. The molecule has 0 atom stereocenters. The number of anilines is 1. The molecular weight excluding hydrogens is 350 g/mol. The molecule has 2 N–H and O–H groups in total. The van der Waals surface area contributed by atoms with E-state index in [9.17, 15) is 13.2 Å². The number of ether oxygens (including phenoxy) is 2. The van der Waals surface area contributed by atoms with Gasteiger partial charge >= 0.3 is 5.97 Å². The van der Waals surface area contributed by atoms with Crippen molar-refractivity contribution in [3.8, 4) is 5.75 Å². The second kappa shape index (κ2) is 7.53. The normalized spacial score (nSPS) is 11.3. The van der Waals surface area contributed by atoms with Crippen LogP contribution in [-0.2, 0) is 21.8 Å². The van der Waals surface area contributed by atoms with Gasteiger partial charge < -0.3 is 14.6 Å². The summed E-state index contributed by atoms with van der Waals surface area (Å²) in [6, 6.07) is 4.37. The average Bonchev–Trinajstić information content (AvgIpc) is 2.89. The summed E-state index contributed by atoms with van der Waals surface area (Å²) in [5, 5.41) is 12.9. The highest BCUT2D eigenvalue weighted by Crippen LogP contribution is 2.24. The quantitative estimate of drug-likeness (QED) is 0.672. The van der Waals surface area contributed by atoms with Crippen molar-refractivity contribution < 1.29 is 27.8 Å². The molecule has 10 heteroatoms. The second-order valence-electron chi connectivity index (χ2n) is 5.21. The van der Waals surface area contributed by atoms with Crippen LogP contribution in [0.3, 0.4) is 0 Å². The Morgan fingerprint density at radius 2 is 2.08 bits per heavy atom. The minimum Gasteiger partial charge on any atom is -0.491 e. The molecule has 0 aliphatic heterocycles. The molecule has 136 valence electrons. The number of nitrogens with one attached hydrogen (secondary N) is 1. The number of benzene rings is 1. The molecule has 2 aromatic rings. The number of rotatable bonds is 8. The molecule has 25 heavy (non-hydrogen) atoms. The van der Waals surface area contributed by atoms with Crippen molar-refractivity contribution in [3.05, 3.63) is 35.7 Å². The standard InChI is InChI=1S/C15H19N3O6S/c1-10-8-11(4-5-13(10)24-7-6-23-3)25(21,22)17-12-9-16-18(2)14(12)15(19)20/h4-5,8-9,17H,6-7H2,1-3H3,(H,19,20). The fourth-order valence-electron chi connectivity index (χ4n) is 2.16. The van der Waals surface area contributed by atoms with Gasteiger partial charge in [0.2, 0.25) is 0 Å². The zero-order valence-electron chi connectivity index (χ0n) is 14.0. The van der Waals surface area contributed by atoms with Crippen LogP contribution in [0.1, 0.15) is 16.1 Å². The van der Waals surface area contributed by atoms with E-state index in [0.717, 1.165) is 10.9 Å². The van der Waals surface area contributed by atoms with Gasteiger partial charge in [0.15, 0.2) is 5.69 Å². The minimum absolute atomic E-state index is 0.00992. The summed E-state index contributed by atoms with van der Waals surface area (Å²) < 4.78 is 38.7. The predicted molar refractivity (Wildman–Crippen MR) is 89.5 cm³/mol. The average molecular weight is 369 g/mol. The van der Waals surface area contributed by atoms with Crippen molar-refractivity contribution in [2.45, 2.75) is 11.8 Å². The van der Waals surface area contributed by atoms with Crippen molar-refractivity contribution in [1.82, 2.24) is 9.78 Å². The first-order chi connectivity index (χ1) is 11.8. The number of carboxylic acid groups (broad SMARTS) is 1. The van der Waals surface area contributed by atoms with Gasteiger partial charge in [-0.15, -0.1) is 0 Å². The van der Waals surface area contributed by atoms with Crippen LogP contribution >= 0.6 is 0 Å². The van der Waals surface area contributed by atoms with Gasteiger partial charge in [-0.2, -0.15) is 5.10 Å². The lowest BCUT2D eigenvalue weighted by Crippen LogP contribution is -2.16.